The monoisotopic (exact) mass is 449 g/mol. The number of alkyl halides is 3. The summed E-state index contributed by atoms with van der Waals surface area (Å²) in [6.07, 6.45) is -0.357. The van der Waals surface area contributed by atoms with Crippen LogP contribution in [-0.2, 0) is 4.79 Å². The van der Waals surface area contributed by atoms with E-state index in [1.54, 1.807) is 29.3 Å². The zero-order valence-corrected chi connectivity index (χ0v) is 17.2. The van der Waals surface area contributed by atoms with Crippen molar-refractivity contribution in [3.05, 3.63) is 60.2 Å². The van der Waals surface area contributed by atoms with Crippen molar-refractivity contribution >= 4 is 17.4 Å². The van der Waals surface area contributed by atoms with E-state index >= 15 is 0 Å². The molecule has 0 bridgehead atoms. The van der Waals surface area contributed by atoms with E-state index in [4.69, 9.17) is 0 Å². The molecule has 3 heterocycles. The minimum absolute atomic E-state index is 0.0672. The Morgan fingerprint density at radius 1 is 1.16 bits per heavy atom. The van der Waals surface area contributed by atoms with Gasteiger partial charge in [0, 0.05) is 50.3 Å². The number of carbonyl (C=O) groups excluding carboxylic acids is 1. The summed E-state index contributed by atoms with van der Waals surface area (Å²) in [6.45, 7) is 1.90. The SMILES string of the molecule is O=C(Nc1ccc(C2CCN(C=CC(F)(F)F)CC2)c(F)c1)C1CN(c2cccnn2)C1. The van der Waals surface area contributed by atoms with Crippen LogP contribution >= 0.6 is 0 Å². The lowest BCUT2D eigenvalue weighted by molar-refractivity contribution is -0.120. The van der Waals surface area contributed by atoms with Gasteiger partial charge in [0.15, 0.2) is 5.82 Å². The second-order valence-corrected chi connectivity index (χ2v) is 8.08. The van der Waals surface area contributed by atoms with Gasteiger partial charge in [-0.2, -0.15) is 18.3 Å². The molecule has 0 unspecified atom stereocenters. The number of likely N-dealkylation sites (tertiary alicyclic amines) is 1. The molecule has 2 aliphatic rings. The van der Waals surface area contributed by atoms with E-state index < -0.39 is 12.0 Å². The highest BCUT2D eigenvalue weighted by atomic mass is 19.4. The zero-order chi connectivity index (χ0) is 22.7. The lowest BCUT2D eigenvalue weighted by Crippen LogP contribution is -2.52. The standard InChI is InChI=1S/C22H23F4N5O/c23-19-12-17(28-21(32)16-13-31(14-16)20-2-1-8-27-29-20)3-4-18(19)15-5-9-30(10-6-15)11-7-22(24,25)26/h1-4,7-8,11-12,15-16H,5-6,9-10,13-14H2,(H,28,32). The number of hydrogen-bond acceptors (Lipinski definition) is 5. The number of aromatic nitrogens is 2. The van der Waals surface area contributed by atoms with Crippen molar-refractivity contribution in [1.82, 2.24) is 15.1 Å². The van der Waals surface area contributed by atoms with Gasteiger partial charge >= 0.3 is 6.18 Å². The van der Waals surface area contributed by atoms with Crippen LogP contribution in [0.3, 0.4) is 0 Å². The summed E-state index contributed by atoms with van der Waals surface area (Å²) in [6, 6.07) is 8.24. The van der Waals surface area contributed by atoms with Crippen molar-refractivity contribution < 1.29 is 22.4 Å². The summed E-state index contributed by atoms with van der Waals surface area (Å²) in [7, 11) is 0. The molecule has 0 atom stereocenters. The van der Waals surface area contributed by atoms with Crippen molar-refractivity contribution in [2.75, 3.05) is 36.4 Å². The second kappa shape index (κ2) is 9.13. The number of benzene rings is 1. The molecule has 170 valence electrons. The Labute approximate surface area is 182 Å². The lowest BCUT2D eigenvalue weighted by atomic mass is 9.89. The molecule has 2 aliphatic heterocycles. The smallest absolute Gasteiger partial charge is 0.377 e. The molecule has 0 aliphatic carbocycles. The molecule has 1 N–H and O–H groups in total. The van der Waals surface area contributed by atoms with Gasteiger partial charge in [0.25, 0.3) is 0 Å². The van der Waals surface area contributed by atoms with Gasteiger partial charge in [-0.05, 0) is 48.6 Å². The molecule has 6 nitrogen and oxygen atoms in total. The molecular weight excluding hydrogens is 426 g/mol. The maximum absolute atomic E-state index is 14.7. The molecule has 2 fully saturated rings. The summed E-state index contributed by atoms with van der Waals surface area (Å²) >= 11 is 0. The average Bonchev–Trinajstić information content (AvgIpc) is 2.72. The third kappa shape index (κ3) is 5.35. The molecule has 2 aromatic rings. The zero-order valence-electron chi connectivity index (χ0n) is 17.2. The van der Waals surface area contributed by atoms with Crippen LogP contribution in [0.1, 0.15) is 24.3 Å². The Balaban J connectivity index is 1.28. The minimum atomic E-state index is -4.34. The van der Waals surface area contributed by atoms with Crippen molar-refractivity contribution in [2.24, 2.45) is 5.92 Å². The molecule has 2 saturated heterocycles. The van der Waals surface area contributed by atoms with Crippen LogP contribution in [0, 0.1) is 11.7 Å². The number of allylic oxidation sites excluding steroid dienone is 1. The van der Waals surface area contributed by atoms with Crippen LogP contribution in [0.5, 0.6) is 0 Å². The normalized spacial score (nSPS) is 18.1. The third-order valence-corrected chi connectivity index (χ3v) is 5.85. The van der Waals surface area contributed by atoms with Gasteiger partial charge in [0.1, 0.15) is 5.82 Å². The number of anilines is 2. The first-order valence-electron chi connectivity index (χ1n) is 10.4. The van der Waals surface area contributed by atoms with Crippen molar-refractivity contribution in [3.8, 4) is 0 Å². The number of piperidine rings is 1. The largest absolute Gasteiger partial charge is 0.411 e. The minimum Gasteiger partial charge on any atom is -0.377 e. The molecule has 10 heteroatoms. The molecule has 0 radical (unpaired) electrons. The first-order chi connectivity index (χ1) is 15.3. The summed E-state index contributed by atoms with van der Waals surface area (Å²) in [5, 5.41) is 10.6. The predicted octanol–water partition coefficient (Wildman–Crippen LogP) is 3.95. The fourth-order valence-corrected chi connectivity index (χ4v) is 4.02. The topological polar surface area (TPSA) is 61.4 Å². The van der Waals surface area contributed by atoms with Gasteiger partial charge in [0.2, 0.25) is 5.91 Å². The van der Waals surface area contributed by atoms with Gasteiger partial charge < -0.3 is 15.1 Å². The quantitative estimate of drug-likeness (QED) is 0.701. The van der Waals surface area contributed by atoms with Crippen molar-refractivity contribution in [3.63, 3.8) is 0 Å². The number of rotatable bonds is 5. The van der Waals surface area contributed by atoms with Gasteiger partial charge in [-0.3, -0.25) is 4.79 Å². The fraction of sp³-hybridized carbons (Fsp3) is 0.409. The predicted molar refractivity (Wildman–Crippen MR) is 112 cm³/mol. The van der Waals surface area contributed by atoms with Crippen LogP contribution in [0.15, 0.2) is 48.8 Å². The highest BCUT2D eigenvalue weighted by Gasteiger charge is 2.34. The Kier molecular flexibility index (Phi) is 6.29. The second-order valence-electron chi connectivity index (χ2n) is 8.08. The maximum Gasteiger partial charge on any atom is 0.411 e. The Morgan fingerprint density at radius 3 is 2.53 bits per heavy atom. The lowest BCUT2D eigenvalue weighted by Gasteiger charge is -2.38. The van der Waals surface area contributed by atoms with Crippen LogP contribution in [0.2, 0.25) is 0 Å². The molecular formula is C22H23F4N5O. The van der Waals surface area contributed by atoms with E-state index in [0.717, 1.165) is 6.20 Å². The van der Waals surface area contributed by atoms with E-state index in [0.29, 0.717) is 56.1 Å². The summed E-state index contributed by atoms with van der Waals surface area (Å²) < 4.78 is 51.6. The highest BCUT2D eigenvalue weighted by Crippen LogP contribution is 2.32. The third-order valence-electron chi connectivity index (χ3n) is 5.85. The maximum atomic E-state index is 14.7. The number of hydrogen-bond donors (Lipinski definition) is 1. The molecule has 32 heavy (non-hydrogen) atoms. The van der Waals surface area contributed by atoms with Crippen LogP contribution < -0.4 is 10.2 Å². The average molecular weight is 449 g/mol. The molecule has 1 amide bonds. The number of halogens is 4. The first kappa shape index (κ1) is 22.0. The Hall–Kier alpha value is -3.17. The van der Waals surface area contributed by atoms with Crippen LogP contribution in [-0.4, -0.2) is 53.4 Å². The van der Waals surface area contributed by atoms with Crippen LogP contribution in [0.4, 0.5) is 29.1 Å². The summed E-state index contributed by atoms with van der Waals surface area (Å²) in [4.78, 5) is 16.0. The number of nitrogens with one attached hydrogen (secondary N) is 1. The molecule has 0 spiro atoms. The van der Waals surface area contributed by atoms with Crippen molar-refractivity contribution in [1.29, 1.82) is 0 Å². The van der Waals surface area contributed by atoms with E-state index in [2.05, 4.69) is 15.5 Å². The number of carbonyl (C=O) groups is 1. The van der Waals surface area contributed by atoms with Crippen molar-refractivity contribution in [2.45, 2.75) is 24.9 Å². The van der Waals surface area contributed by atoms with Gasteiger partial charge in [-0.1, -0.05) is 6.07 Å². The van der Waals surface area contributed by atoms with E-state index in [1.165, 1.54) is 6.07 Å². The highest BCUT2D eigenvalue weighted by molar-refractivity contribution is 5.94. The summed E-state index contributed by atoms with van der Waals surface area (Å²) in [5.74, 6) is -0.160. The molecule has 1 aromatic carbocycles. The molecule has 0 saturated carbocycles. The van der Waals surface area contributed by atoms with E-state index in [9.17, 15) is 22.4 Å². The molecule has 4 rings (SSSR count). The number of amides is 1. The van der Waals surface area contributed by atoms with Gasteiger partial charge in [-0.15, -0.1) is 5.10 Å². The Bertz CT molecular complexity index is 968. The number of nitrogens with zero attached hydrogens (tertiary/aromatic N) is 4. The first-order valence-corrected chi connectivity index (χ1v) is 10.4. The molecule has 1 aromatic heterocycles. The van der Waals surface area contributed by atoms with Gasteiger partial charge in [-0.25, -0.2) is 4.39 Å². The fourth-order valence-electron chi connectivity index (χ4n) is 4.02. The van der Waals surface area contributed by atoms with Crippen LogP contribution in [0.25, 0.3) is 0 Å². The van der Waals surface area contributed by atoms with E-state index in [1.807, 2.05) is 11.0 Å². The van der Waals surface area contributed by atoms with E-state index in [-0.39, 0.29) is 23.8 Å². The van der Waals surface area contributed by atoms with Gasteiger partial charge in [0.05, 0.1) is 5.92 Å². The summed E-state index contributed by atoms with van der Waals surface area (Å²) in [5.41, 5.74) is 0.916. The Morgan fingerprint density at radius 2 is 1.91 bits per heavy atom.